The number of carbonyl (C=O) groups is 1. The molecule has 1 heterocycles. The smallest absolute Gasteiger partial charge is 0.335 e. The van der Waals surface area contributed by atoms with Crippen LogP contribution in [0.2, 0.25) is 0 Å². The Bertz CT molecular complexity index is 686. The maximum absolute atomic E-state index is 11.8. The summed E-state index contributed by atoms with van der Waals surface area (Å²) >= 11 is 0. The number of hydrogen-bond acceptors (Lipinski definition) is 2. The fourth-order valence-corrected chi connectivity index (χ4v) is 1.93. The molecule has 0 aliphatic carbocycles. The third kappa shape index (κ3) is 2.91. The van der Waals surface area contributed by atoms with Crippen LogP contribution in [0.25, 0.3) is 0 Å². The second-order valence-electron chi connectivity index (χ2n) is 4.62. The summed E-state index contributed by atoms with van der Waals surface area (Å²) in [7, 11) is 0. The molecule has 0 saturated carbocycles. The molecule has 0 radical (unpaired) electrons. The first-order valence-corrected chi connectivity index (χ1v) is 5.97. The van der Waals surface area contributed by atoms with Gasteiger partial charge in [-0.15, -0.1) is 0 Å². The van der Waals surface area contributed by atoms with E-state index in [9.17, 15) is 9.59 Å². The van der Waals surface area contributed by atoms with E-state index in [1.165, 1.54) is 0 Å². The van der Waals surface area contributed by atoms with Gasteiger partial charge in [-0.25, -0.2) is 4.79 Å². The summed E-state index contributed by atoms with van der Waals surface area (Å²) in [5, 5.41) is 8.91. The van der Waals surface area contributed by atoms with Gasteiger partial charge in [-0.05, 0) is 48.7 Å². The molecule has 0 saturated heterocycles. The van der Waals surface area contributed by atoms with E-state index in [1.807, 2.05) is 19.9 Å². The third-order valence-corrected chi connectivity index (χ3v) is 3.08. The van der Waals surface area contributed by atoms with Gasteiger partial charge in [0.2, 0.25) is 0 Å². The van der Waals surface area contributed by atoms with E-state index in [2.05, 4.69) is 0 Å². The molecule has 0 unspecified atom stereocenters. The van der Waals surface area contributed by atoms with E-state index < -0.39 is 5.97 Å². The zero-order valence-electron chi connectivity index (χ0n) is 10.9. The van der Waals surface area contributed by atoms with Gasteiger partial charge in [0, 0.05) is 12.3 Å². The average molecular weight is 257 g/mol. The number of aryl methyl sites for hydroxylation is 2. The third-order valence-electron chi connectivity index (χ3n) is 3.08. The van der Waals surface area contributed by atoms with Crippen LogP contribution in [0.1, 0.15) is 27.0 Å². The predicted octanol–water partition coefficient (Wildman–Crippen LogP) is 2.21. The van der Waals surface area contributed by atoms with Crippen molar-refractivity contribution in [2.24, 2.45) is 0 Å². The SMILES string of the molecule is Cc1ccn(Cc2ccc(C(=O)O)cc2C)c(=O)c1. The van der Waals surface area contributed by atoms with Gasteiger partial charge in [0.15, 0.2) is 0 Å². The molecule has 98 valence electrons. The van der Waals surface area contributed by atoms with Crippen molar-refractivity contribution in [3.63, 3.8) is 0 Å². The highest BCUT2D eigenvalue weighted by Gasteiger charge is 2.06. The Hall–Kier alpha value is -2.36. The summed E-state index contributed by atoms with van der Waals surface area (Å²) in [6.45, 7) is 4.17. The van der Waals surface area contributed by atoms with Crippen LogP contribution >= 0.6 is 0 Å². The van der Waals surface area contributed by atoms with Crippen LogP contribution in [0, 0.1) is 13.8 Å². The minimum absolute atomic E-state index is 0.0540. The van der Waals surface area contributed by atoms with Gasteiger partial charge < -0.3 is 9.67 Å². The van der Waals surface area contributed by atoms with Crippen molar-refractivity contribution in [2.45, 2.75) is 20.4 Å². The fourth-order valence-electron chi connectivity index (χ4n) is 1.93. The van der Waals surface area contributed by atoms with Crippen molar-refractivity contribution < 1.29 is 9.90 Å². The molecular formula is C15H15NO3. The first-order valence-electron chi connectivity index (χ1n) is 5.97. The van der Waals surface area contributed by atoms with Crippen LogP contribution in [-0.4, -0.2) is 15.6 Å². The first-order chi connectivity index (χ1) is 8.97. The van der Waals surface area contributed by atoms with Crippen LogP contribution < -0.4 is 5.56 Å². The molecule has 4 nitrogen and oxygen atoms in total. The number of benzene rings is 1. The molecule has 4 heteroatoms. The molecular weight excluding hydrogens is 242 g/mol. The maximum atomic E-state index is 11.8. The minimum Gasteiger partial charge on any atom is -0.478 e. The lowest BCUT2D eigenvalue weighted by Crippen LogP contribution is -2.19. The summed E-state index contributed by atoms with van der Waals surface area (Å²) in [5.41, 5.74) is 2.95. The molecule has 0 bridgehead atoms. The molecule has 0 aliphatic rings. The highest BCUT2D eigenvalue weighted by Crippen LogP contribution is 2.12. The lowest BCUT2D eigenvalue weighted by Gasteiger charge is -2.09. The predicted molar refractivity (Wildman–Crippen MR) is 72.7 cm³/mol. The van der Waals surface area contributed by atoms with Crippen molar-refractivity contribution in [3.05, 3.63) is 69.1 Å². The molecule has 1 aromatic carbocycles. The summed E-state index contributed by atoms with van der Waals surface area (Å²) in [6, 6.07) is 8.40. The van der Waals surface area contributed by atoms with Crippen LogP contribution in [-0.2, 0) is 6.54 Å². The van der Waals surface area contributed by atoms with E-state index in [4.69, 9.17) is 5.11 Å². The number of aromatic carboxylic acids is 1. The van der Waals surface area contributed by atoms with Crippen LogP contribution in [0.4, 0.5) is 0 Å². The van der Waals surface area contributed by atoms with Crippen molar-refractivity contribution in [1.29, 1.82) is 0 Å². The number of carboxylic acids is 1. The monoisotopic (exact) mass is 257 g/mol. The minimum atomic E-state index is -0.942. The Kier molecular flexibility index (Phi) is 3.51. The number of rotatable bonds is 3. The van der Waals surface area contributed by atoms with E-state index in [1.54, 1.807) is 35.0 Å². The van der Waals surface area contributed by atoms with E-state index in [0.717, 1.165) is 16.7 Å². The molecule has 1 N–H and O–H groups in total. The second kappa shape index (κ2) is 5.10. The Labute approximate surface area is 110 Å². The van der Waals surface area contributed by atoms with E-state index in [-0.39, 0.29) is 11.1 Å². The van der Waals surface area contributed by atoms with Crippen LogP contribution in [0.3, 0.4) is 0 Å². The molecule has 1 aromatic heterocycles. The molecule has 0 aliphatic heterocycles. The van der Waals surface area contributed by atoms with Gasteiger partial charge in [0.05, 0.1) is 12.1 Å². The van der Waals surface area contributed by atoms with Crippen molar-refractivity contribution >= 4 is 5.97 Å². The normalized spacial score (nSPS) is 10.4. The first kappa shape index (κ1) is 13.1. The Morgan fingerprint density at radius 1 is 1.21 bits per heavy atom. The number of hydrogen-bond donors (Lipinski definition) is 1. The molecule has 19 heavy (non-hydrogen) atoms. The number of pyridine rings is 1. The second-order valence-corrected chi connectivity index (χ2v) is 4.62. The Balaban J connectivity index is 2.33. The standard InChI is InChI=1S/C15H15NO3/c1-10-5-6-16(14(17)7-10)9-13-4-3-12(15(18)19)8-11(13)2/h3-8H,9H2,1-2H3,(H,18,19). The summed E-state index contributed by atoms with van der Waals surface area (Å²) in [5.74, 6) is -0.942. The van der Waals surface area contributed by atoms with Crippen molar-refractivity contribution in [2.75, 3.05) is 0 Å². The number of aromatic nitrogens is 1. The quantitative estimate of drug-likeness (QED) is 0.917. The average Bonchev–Trinajstić information content (AvgIpc) is 2.34. The molecule has 0 spiro atoms. The van der Waals surface area contributed by atoms with E-state index >= 15 is 0 Å². The largest absolute Gasteiger partial charge is 0.478 e. The molecule has 0 atom stereocenters. The van der Waals surface area contributed by atoms with Crippen molar-refractivity contribution in [3.8, 4) is 0 Å². The van der Waals surface area contributed by atoms with Gasteiger partial charge >= 0.3 is 5.97 Å². The van der Waals surface area contributed by atoms with Gasteiger partial charge in [-0.3, -0.25) is 4.79 Å². The van der Waals surface area contributed by atoms with E-state index in [0.29, 0.717) is 6.54 Å². The molecule has 0 fully saturated rings. The Morgan fingerprint density at radius 3 is 2.53 bits per heavy atom. The van der Waals surface area contributed by atoms with Gasteiger partial charge in [-0.2, -0.15) is 0 Å². The Morgan fingerprint density at radius 2 is 1.95 bits per heavy atom. The molecule has 2 aromatic rings. The summed E-state index contributed by atoms with van der Waals surface area (Å²) in [4.78, 5) is 22.7. The highest BCUT2D eigenvalue weighted by atomic mass is 16.4. The highest BCUT2D eigenvalue weighted by molar-refractivity contribution is 5.87. The summed E-state index contributed by atoms with van der Waals surface area (Å²) in [6.07, 6.45) is 1.75. The topological polar surface area (TPSA) is 59.3 Å². The number of carboxylic acid groups (broad SMARTS) is 1. The lowest BCUT2D eigenvalue weighted by atomic mass is 10.0. The molecule has 0 amide bonds. The number of nitrogens with zero attached hydrogens (tertiary/aromatic N) is 1. The zero-order chi connectivity index (χ0) is 14.0. The maximum Gasteiger partial charge on any atom is 0.335 e. The van der Waals surface area contributed by atoms with Crippen molar-refractivity contribution in [1.82, 2.24) is 4.57 Å². The van der Waals surface area contributed by atoms with Gasteiger partial charge in [0.25, 0.3) is 5.56 Å². The van der Waals surface area contributed by atoms with Crippen LogP contribution in [0.5, 0.6) is 0 Å². The molecule has 2 rings (SSSR count). The van der Waals surface area contributed by atoms with Crippen LogP contribution in [0.15, 0.2) is 41.3 Å². The van der Waals surface area contributed by atoms with Gasteiger partial charge in [-0.1, -0.05) is 6.07 Å². The van der Waals surface area contributed by atoms with Gasteiger partial charge in [0.1, 0.15) is 0 Å². The lowest BCUT2D eigenvalue weighted by molar-refractivity contribution is 0.0697. The zero-order valence-corrected chi connectivity index (χ0v) is 10.9. The fraction of sp³-hybridized carbons (Fsp3) is 0.200. The summed E-state index contributed by atoms with van der Waals surface area (Å²) < 4.78 is 1.61.